The molecule has 0 N–H and O–H groups in total. The lowest BCUT2D eigenvalue weighted by Gasteiger charge is -2.38. The highest BCUT2D eigenvalue weighted by Crippen LogP contribution is 2.29. The third-order valence-corrected chi connectivity index (χ3v) is 7.42. The average Bonchev–Trinajstić information content (AvgIpc) is 3.33. The van der Waals surface area contributed by atoms with E-state index in [2.05, 4.69) is 49.1 Å². The van der Waals surface area contributed by atoms with E-state index in [1.165, 1.54) is 5.56 Å². The number of aromatic nitrogens is 2. The van der Waals surface area contributed by atoms with Crippen molar-refractivity contribution in [1.82, 2.24) is 24.8 Å². The molecule has 0 aliphatic carbocycles. The molecule has 2 aromatic carbocycles. The number of carbonyl (C=O) groups excluding carboxylic acids is 1. The van der Waals surface area contributed by atoms with Crippen LogP contribution in [0, 0.1) is 5.92 Å². The fourth-order valence-corrected chi connectivity index (χ4v) is 5.35. The predicted molar refractivity (Wildman–Crippen MR) is 136 cm³/mol. The molecule has 2 aliphatic heterocycles. The van der Waals surface area contributed by atoms with E-state index < -0.39 is 0 Å². The summed E-state index contributed by atoms with van der Waals surface area (Å²) >= 11 is 12.2. The van der Waals surface area contributed by atoms with Gasteiger partial charge in [0.25, 0.3) is 0 Å². The standard InChI is InChI=1S/C26H29Cl2N5O2/c27-21-6-7-22(23(28)16-21)25-29-24(35-30-25)18-31-10-8-20(9-11-31)26(34)33-14-12-32(13-15-33)17-19-4-2-1-3-5-19/h1-7,16,20H,8-15,17-18H2. The Labute approximate surface area is 215 Å². The molecule has 7 nitrogen and oxygen atoms in total. The van der Waals surface area contributed by atoms with Crippen molar-refractivity contribution in [3.8, 4) is 11.4 Å². The molecular formula is C26H29Cl2N5O2. The molecule has 2 saturated heterocycles. The first-order valence-electron chi connectivity index (χ1n) is 12.1. The molecule has 1 aromatic heterocycles. The fourth-order valence-electron chi connectivity index (χ4n) is 4.85. The molecule has 0 bridgehead atoms. The van der Waals surface area contributed by atoms with Crippen LogP contribution in [-0.2, 0) is 17.9 Å². The Morgan fingerprint density at radius 3 is 2.34 bits per heavy atom. The molecule has 0 radical (unpaired) electrons. The lowest BCUT2D eigenvalue weighted by Crippen LogP contribution is -2.51. The van der Waals surface area contributed by atoms with Gasteiger partial charge in [-0.15, -0.1) is 0 Å². The van der Waals surface area contributed by atoms with Crippen molar-refractivity contribution in [1.29, 1.82) is 0 Å². The number of hydrogen-bond donors (Lipinski definition) is 0. The van der Waals surface area contributed by atoms with E-state index in [9.17, 15) is 4.79 Å². The molecule has 184 valence electrons. The van der Waals surface area contributed by atoms with Gasteiger partial charge in [-0.1, -0.05) is 58.7 Å². The summed E-state index contributed by atoms with van der Waals surface area (Å²) in [6.45, 7) is 6.66. The molecule has 0 spiro atoms. The van der Waals surface area contributed by atoms with E-state index in [1.54, 1.807) is 18.2 Å². The summed E-state index contributed by atoms with van der Waals surface area (Å²) in [6, 6.07) is 15.7. The minimum Gasteiger partial charge on any atom is -0.340 e. The summed E-state index contributed by atoms with van der Waals surface area (Å²) in [5.41, 5.74) is 2.02. The van der Waals surface area contributed by atoms with E-state index in [1.807, 2.05) is 6.07 Å². The zero-order valence-corrected chi connectivity index (χ0v) is 21.1. The molecule has 9 heteroatoms. The Morgan fingerprint density at radius 2 is 1.63 bits per heavy atom. The van der Waals surface area contributed by atoms with Crippen LogP contribution >= 0.6 is 23.2 Å². The van der Waals surface area contributed by atoms with Gasteiger partial charge in [0, 0.05) is 49.2 Å². The Kier molecular flexibility index (Phi) is 7.68. The molecule has 3 heterocycles. The van der Waals surface area contributed by atoms with Crippen LogP contribution in [0.1, 0.15) is 24.3 Å². The van der Waals surface area contributed by atoms with Crippen molar-refractivity contribution in [2.45, 2.75) is 25.9 Å². The lowest BCUT2D eigenvalue weighted by molar-refractivity contribution is -0.139. The topological polar surface area (TPSA) is 65.7 Å². The normalized spacial score (nSPS) is 18.2. The van der Waals surface area contributed by atoms with Crippen LogP contribution in [0.15, 0.2) is 53.1 Å². The number of amides is 1. The quantitative estimate of drug-likeness (QED) is 0.479. The van der Waals surface area contributed by atoms with Crippen molar-refractivity contribution in [3.63, 3.8) is 0 Å². The van der Waals surface area contributed by atoms with Gasteiger partial charge in [-0.3, -0.25) is 14.6 Å². The highest BCUT2D eigenvalue weighted by molar-refractivity contribution is 6.36. The van der Waals surface area contributed by atoms with Gasteiger partial charge in [-0.25, -0.2) is 0 Å². The van der Waals surface area contributed by atoms with Gasteiger partial charge in [-0.05, 0) is 49.7 Å². The maximum atomic E-state index is 13.1. The SMILES string of the molecule is O=C(C1CCN(Cc2nc(-c3ccc(Cl)cc3Cl)no2)CC1)N1CCN(Cc2ccccc2)CC1. The predicted octanol–water partition coefficient (Wildman–Crippen LogP) is 4.60. The van der Waals surface area contributed by atoms with E-state index in [0.29, 0.717) is 39.8 Å². The highest BCUT2D eigenvalue weighted by Gasteiger charge is 2.31. The summed E-state index contributed by atoms with van der Waals surface area (Å²) in [6.07, 6.45) is 1.71. The number of hydrogen-bond acceptors (Lipinski definition) is 6. The number of benzene rings is 2. The summed E-state index contributed by atoms with van der Waals surface area (Å²) in [4.78, 5) is 24.4. The van der Waals surface area contributed by atoms with Crippen LogP contribution < -0.4 is 0 Å². The number of rotatable bonds is 6. The minimum absolute atomic E-state index is 0.0954. The summed E-state index contributed by atoms with van der Waals surface area (Å²) in [5, 5.41) is 5.13. The van der Waals surface area contributed by atoms with Crippen LogP contribution in [0.25, 0.3) is 11.4 Å². The largest absolute Gasteiger partial charge is 0.340 e. The van der Waals surface area contributed by atoms with Gasteiger partial charge in [-0.2, -0.15) is 4.98 Å². The van der Waals surface area contributed by atoms with Gasteiger partial charge in [0.15, 0.2) is 0 Å². The maximum absolute atomic E-state index is 13.1. The lowest BCUT2D eigenvalue weighted by atomic mass is 9.95. The number of halogens is 2. The smallest absolute Gasteiger partial charge is 0.241 e. The first kappa shape index (κ1) is 24.3. The molecule has 0 unspecified atom stereocenters. The highest BCUT2D eigenvalue weighted by atomic mass is 35.5. The van der Waals surface area contributed by atoms with Crippen molar-refractivity contribution < 1.29 is 9.32 Å². The zero-order chi connectivity index (χ0) is 24.2. The Morgan fingerprint density at radius 1 is 0.914 bits per heavy atom. The van der Waals surface area contributed by atoms with Gasteiger partial charge >= 0.3 is 0 Å². The van der Waals surface area contributed by atoms with Crippen molar-refractivity contribution in [2.75, 3.05) is 39.3 Å². The second-order valence-corrected chi connectivity index (χ2v) is 10.1. The first-order chi connectivity index (χ1) is 17.0. The molecule has 0 atom stereocenters. The van der Waals surface area contributed by atoms with E-state index in [0.717, 1.165) is 58.7 Å². The first-order valence-corrected chi connectivity index (χ1v) is 12.9. The number of piperidine rings is 1. The van der Waals surface area contributed by atoms with E-state index >= 15 is 0 Å². The molecule has 5 rings (SSSR count). The molecule has 2 fully saturated rings. The zero-order valence-electron chi connectivity index (χ0n) is 19.6. The maximum Gasteiger partial charge on any atom is 0.241 e. The molecule has 0 saturated carbocycles. The van der Waals surface area contributed by atoms with Gasteiger partial charge < -0.3 is 9.42 Å². The van der Waals surface area contributed by atoms with Gasteiger partial charge in [0.05, 0.1) is 11.6 Å². The monoisotopic (exact) mass is 513 g/mol. The van der Waals surface area contributed by atoms with Gasteiger partial charge in [0.1, 0.15) is 0 Å². The van der Waals surface area contributed by atoms with Crippen LogP contribution in [-0.4, -0.2) is 70.0 Å². The van der Waals surface area contributed by atoms with E-state index in [4.69, 9.17) is 27.7 Å². The molecular weight excluding hydrogens is 485 g/mol. The number of likely N-dealkylation sites (tertiary alicyclic amines) is 1. The fraction of sp³-hybridized carbons (Fsp3) is 0.423. The van der Waals surface area contributed by atoms with Crippen molar-refractivity contribution in [3.05, 3.63) is 70.0 Å². The third-order valence-electron chi connectivity index (χ3n) is 6.87. The Hall–Kier alpha value is -2.45. The van der Waals surface area contributed by atoms with Crippen LogP contribution in [0.5, 0.6) is 0 Å². The molecule has 3 aromatic rings. The van der Waals surface area contributed by atoms with Crippen LogP contribution in [0.2, 0.25) is 10.0 Å². The van der Waals surface area contributed by atoms with Crippen LogP contribution in [0.3, 0.4) is 0 Å². The Balaban J connectivity index is 1.08. The molecule has 1 amide bonds. The van der Waals surface area contributed by atoms with Crippen LogP contribution in [0.4, 0.5) is 0 Å². The van der Waals surface area contributed by atoms with Crippen molar-refractivity contribution in [2.24, 2.45) is 5.92 Å². The van der Waals surface area contributed by atoms with Crippen molar-refractivity contribution >= 4 is 29.1 Å². The second kappa shape index (κ2) is 11.1. The minimum atomic E-state index is 0.0954. The van der Waals surface area contributed by atoms with E-state index in [-0.39, 0.29) is 5.92 Å². The summed E-state index contributed by atoms with van der Waals surface area (Å²) in [5.74, 6) is 1.41. The molecule has 2 aliphatic rings. The number of carbonyl (C=O) groups is 1. The second-order valence-electron chi connectivity index (χ2n) is 9.27. The number of nitrogens with zero attached hydrogens (tertiary/aromatic N) is 5. The Bertz CT molecular complexity index is 1140. The molecule has 35 heavy (non-hydrogen) atoms. The third kappa shape index (κ3) is 6.04. The number of piperazine rings is 1. The average molecular weight is 514 g/mol. The summed E-state index contributed by atoms with van der Waals surface area (Å²) in [7, 11) is 0. The summed E-state index contributed by atoms with van der Waals surface area (Å²) < 4.78 is 5.45. The van der Waals surface area contributed by atoms with Gasteiger partial charge in [0.2, 0.25) is 17.6 Å².